The highest BCUT2D eigenvalue weighted by Gasteiger charge is 2.22. The SMILES string of the molecule is Cc1ccc(N2CCN(c3c(C#N)cnc4ccccc34)CC2)nc1C#N. The van der Waals surface area contributed by atoms with Crippen molar-refractivity contribution >= 4 is 22.4 Å². The highest BCUT2D eigenvalue weighted by molar-refractivity contribution is 5.94. The van der Waals surface area contributed by atoms with Crippen LogP contribution in [0.2, 0.25) is 0 Å². The molecule has 0 spiro atoms. The third kappa shape index (κ3) is 3.02. The van der Waals surface area contributed by atoms with Gasteiger partial charge in [-0.1, -0.05) is 24.3 Å². The molecule has 3 aromatic rings. The summed E-state index contributed by atoms with van der Waals surface area (Å²) in [6.07, 6.45) is 1.66. The highest BCUT2D eigenvalue weighted by atomic mass is 15.3. The van der Waals surface area contributed by atoms with E-state index in [1.54, 1.807) is 6.20 Å². The molecule has 0 atom stereocenters. The summed E-state index contributed by atoms with van der Waals surface area (Å²) >= 11 is 0. The largest absolute Gasteiger partial charge is 0.366 e. The molecule has 1 aromatic carbocycles. The molecule has 3 heterocycles. The Hall–Kier alpha value is -3.64. The first-order valence-corrected chi connectivity index (χ1v) is 8.87. The van der Waals surface area contributed by atoms with Crippen molar-refractivity contribution in [1.82, 2.24) is 9.97 Å². The van der Waals surface area contributed by atoms with E-state index in [9.17, 15) is 10.5 Å². The number of hydrogen-bond donors (Lipinski definition) is 0. The predicted molar refractivity (Wildman–Crippen MR) is 105 cm³/mol. The molecule has 6 nitrogen and oxygen atoms in total. The number of pyridine rings is 2. The Balaban J connectivity index is 1.61. The Morgan fingerprint density at radius 2 is 1.67 bits per heavy atom. The minimum absolute atomic E-state index is 0.474. The summed E-state index contributed by atoms with van der Waals surface area (Å²) in [5, 5.41) is 19.8. The number of nitriles is 2. The van der Waals surface area contributed by atoms with E-state index < -0.39 is 0 Å². The second-order valence-electron chi connectivity index (χ2n) is 6.57. The van der Waals surface area contributed by atoms with Crippen molar-refractivity contribution in [3.05, 3.63) is 59.4 Å². The van der Waals surface area contributed by atoms with Crippen LogP contribution in [0.15, 0.2) is 42.6 Å². The summed E-state index contributed by atoms with van der Waals surface area (Å²) in [5.74, 6) is 0.830. The number of para-hydroxylation sites is 1. The molecule has 0 unspecified atom stereocenters. The summed E-state index contributed by atoms with van der Waals surface area (Å²) in [5.41, 5.74) is 3.82. The molecule has 0 aliphatic carbocycles. The number of aromatic nitrogens is 2. The zero-order valence-electron chi connectivity index (χ0n) is 15.1. The van der Waals surface area contributed by atoms with Gasteiger partial charge in [0, 0.05) is 37.8 Å². The van der Waals surface area contributed by atoms with E-state index in [4.69, 9.17) is 0 Å². The van der Waals surface area contributed by atoms with Crippen LogP contribution in [0.1, 0.15) is 16.8 Å². The van der Waals surface area contributed by atoms with Crippen molar-refractivity contribution in [3.8, 4) is 12.1 Å². The molecule has 27 heavy (non-hydrogen) atoms. The zero-order valence-corrected chi connectivity index (χ0v) is 15.1. The molecule has 2 aromatic heterocycles. The molecule has 1 aliphatic rings. The van der Waals surface area contributed by atoms with Crippen LogP contribution in [-0.4, -0.2) is 36.1 Å². The van der Waals surface area contributed by atoms with Crippen LogP contribution in [0.3, 0.4) is 0 Å². The van der Waals surface area contributed by atoms with Crippen LogP contribution < -0.4 is 9.80 Å². The Bertz CT molecular complexity index is 1080. The number of nitrogens with zero attached hydrogens (tertiary/aromatic N) is 6. The Morgan fingerprint density at radius 3 is 2.41 bits per heavy atom. The Kier molecular flexibility index (Phi) is 4.32. The lowest BCUT2D eigenvalue weighted by Gasteiger charge is -2.37. The number of benzene rings is 1. The molecule has 0 radical (unpaired) electrons. The molecule has 1 saturated heterocycles. The molecule has 1 fully saturated rings. The van der Waals surface area contributed by atoms with Gasteiger partial charge in [0.25, 0.3) is 0 Å². The maximum absolute atomic E-state index is 9.55. The van der Waals surface area contributed by atoms with Crippen LogP contribution in [0, 0.1) is 29.6 Å². The Morgan fingerprint density at radius 1 is 0.926 bits per heavy atom. The summed E-state index contributed by atoms with van der Waals surface area (Å²) in [7, 11) is 0. The van der Waals surface area contributed by atoms with E-state index >= 15 is 0 Å². The van der Waals surface area contributed by atoms with Crippen LogP contribution in [0.5, 0.6) is 0 Å². The van der Waals surface area contributed by atoms with E-state index in [0.717, 1.165) is 54.2 Å². The zero-order chi connectivity index (χ0) is 18.8. The van der Waals surface area contributed by atoms with Gasteiger partial charge in [0.05, 0.1) is 16.8 Å². The molecule has 1 aliphatic heterocycles. The summed E-state index contributed by atoms with van der Waals surface area (Å²) in [6, 6.07) is 16.3. The van der Waals surface area contributed by atoms with E-state index in [2.05, 4.69) is 31.9 Å². The minimum Gasteiger partial charge on any atom is -0.366 e. The van der Waals surface area contributed by atoms with Crippen molar-refractivity contribution in [1.29, 1.82) is 10.5 Å². The predicted octanol–water partition coefficient (Wildman–Crippen LogP) is 3.01. The van der Waals surface area contributed by atoms with Gasteiger partial charge in [-0.15, -0.1) is 0 Å². The molecule has 0 saturated carbocycles. The monoisotopic (exact) mass is 354 g/mol. The van der Waals surface area contributed by atoms with Crippen molar-refractivity contribution in [3.63, 3.8) is 0 Å². The maximum Gasteiger partial charge on any atom is 0.145 e. The molecular formula is C21H18N6. The quantitative estimate of drug-likeness (QED) is 0.704. The number of rotatable bonds is 2. The van der Waals surface area contributed by atoms with E-state index in [1.807, 2.05) is 43.3 Å². The van der Waals surface area contributed by atoms with Gasteiger partial charge in [-0.3, -0.25) is 4.98 Å². The topological polar surface area (TPSA) is 79.8 Å². The van der Waals surface area contributed by atoms with E-state index in [1.165, 1.54) is 0 Å². The fraction of sp³-hybridized carbons (Fsp3) is 0.238. The molecule has 4 rings (SSSR count). The Labute approximate surface area is 157 Å². The molecule has 0 amide bonds. The molecule has 0 N–H and O–H groups in total. The van der Waals surface area contributed by atoms with Crippen LogP contribution >= 0.6 is 0 Å². The first kappa shape index (κ1) is 16.8. The van der Waals surface area contributed by atoms with Gasteiger partial charge in [0.15, 0.2) is 0 Å². The summed E-state index contributed by atoms with van der Waals surface area (Å²) in [4.78, 5) is 13.3. The number of aryl methyl sites for hydroxylation is 1. The third-order valence-corrected chi connectivity index (χ3v) is 4.98. The summed E-state index contributed by atoms with van der Waals surface area (Å²) in [6.45, 7) is 5.01. The molecule has 0 bridgehead atoms. The van der Waals surface area contributed by atoms with E-state index in [-0.39, 0.29) is 0 Å². The fourth-order valence-electron chi connectivity index (χ4n) is 3.52. The van der Waals surface area contributed by atoms with Gasteiger partial charge >= 0.3 is 0 Å². The standard InChI is InChI=1S/C21H18N6/c1-15-6-7-20(25-19(15)13-23)26-8-10-27(11-9-26)21-16(12-22)14-24-18-5-3-2-4-17(18)21/h2-7,14H,8-11H2,1H3. The highest BCUT2D eigenvalue weighted by Crippen LogP contribution is 2.30. The lowest BCUT2D eigenvalue weighted by molar-refractivity contribution is 0.648. The van der Waals surface area contributed by atoms with Crippen molar-refractivity contribution < 1.29 is 0 Å². The van der Waals surface area contributed by atoms with Gasteiger partial charge in [-0.25, -0.2) is 4.98 Å². The van der Waals surface area contributed by atoms with Gasteiger partial charge in [-0.05, 0) is 24.6 Å². The van der Waals surface area contributed by atoms with Gasteiger partial charge in [0.2, 0.25) is 0 Å². The number of hydrogen-bond acceptors (Lipinski definition) is 6. The van der Waals surface area contributed by atoms with Crippen molar-refractivity contribution in [2.75, 3.05) is 36.0 Å². The second-order valence-corrected chi connectivity index (χ2v) is 6.57. The number of anilines is 2. The molecular weight excluding hydrogens is 336 g/mol. The number of fused-ring (bicyclic) bond motifs is 1. The molecule has 6 heteroatoms. The second kappa shape index (κ2) is 6.93. The minimum atomic E-state index is 0.474. The lowest BCUT2D eigenvalue weighted by Crippen LogP contribution is -2.47. The smallest absolute Gasteiger partial charge is 0.145 e. The van der Waals surface area contributed by atoms with Crippen LogP contribution in [-0.2, 0) is 0 Å². The number of piperazine rings is 1. The van der Waals surface area contributed by atoms with Gasteiger partial charge in [0.1, 0.15) is 23.7 Å². The third-order valence-electron chi connectivity index (χ3n) is 4.98. The van der Waals surface area contributed by atoms with Crippen LogP contribution in [0.4, 0.5) is 11.5 Å². The fourth-order valence-corrected chi connectivity index (χ4v) is 3.52. The van der Waals surface area contributed by atoms with Gasteiger partial charge < -0.3 is 9.80 Å². The van der Waals surface area contributed by atoms with Crippen molar-refractivity contribution in [2.45, 2.75) is 6.92 Å². The van der Waals surface area contributed by atoms with E-state index in [0.29, 0.717) is 11.3 Å². The van der Waals surface area contributed by atoms with Crippen molar-refractivity contribution in [2.24, 2.45) is 0 Å². The lowest BCUT2D eigenvalue weighted by atomic mass is 10.1. The average Bonchev–Trinajstić information content (AvgIpc) is 2.73. The molecule has 132 valence electrons. The van der Waals surface area contributed by atoms with Gasteiger partial charge in [-0.2, -0.15) is 10.5 Å². The van der Waals surface area contributed by atoms with Crippen LogP contribution in [0.25, 0.3) is 10.9 Å². The summed E-state index contributed by atoms with van der Waals surface area (Å²) < 4.78 is 0. The first-order chi connectivity index (χ1) is 13.2. The maximum atomic E-state index is 9.55. The normalized spacial score (nSPS) is 14.0. The first-order valence-electron chi connectivity index (χ1n) is 8.87. The average molecular weight is 354 g/mol.